The Morgan fingerprint density at radius 2 is 1.97 bits per heavy atom. The van der Waals surface area contributed by atoms with E-state index in [0.29, 0.717) is 5.82 Å². The smallest absolute Gasteiger partial charge is 0.342 e. The first kappa shape index (κ1) is 27.5. The van der Waals surface area contributed by atoms with E-state index in [0.717, 1.165) is 30.2 Å². The third kappa shape index (κ3) is 5.50. The van der Waals surface area contributed by atoms with Crippen molar-refractivity contribution in [3.05, 3.63) is 40.7 Å². The molecule has 3 aromatic rings. The van der Waals surface area contributed by atoms with Gasteiger partial charge >= 0.3 is 15.2 Å². The maximum absolute atomic E-state index is 12.5. The Labute approximate surface area is 220 Å². The van der Waals surface area contributed by atoms with E-state index in [1.54, 1.807) is 0 Å². The Kier molecular flexibility index (Phi) is 7.61. The lowest BCUT2D eigenvalue weighted by atomic mass is 10.1. The minimum absolute atomic E-state index is 0.0354. The summed E-state index contributed by atoms with van der Waals surface area (Å²) in [7, 11) is -7.97. The highest BCUT2D eigenvalue weighted by atomic mass is 35.5. The standard InChI is InChI=1S/C20H25ClN6O9P2/c1-34-38(33,9-37(30,31)32)35-8-13-15(28)16(29)19(36-13)27-18-14(25-26-27)17(23-20(21)24-18)22-12-7-6-10-4-2-3-5-11(10)12/h2-5,12-13,15-16,19,28-29H,6-9H2,1H3,(H,22,23,24)(H2,30,31,32)/t12?,13-,15-,16?,19?,38?/m1/s1. The number of anilines is 1. The van der Waals surface area contributed by atoms with Crippen LogP contribution in [0.2, 0.25) is 5.28 Å². The van der Waals surface area contributed by atoms with Crippen LogP contribution < -0.4 is 5.32 Å². The Morgan fingerprint density at radius 3 is 2.71 bits per heavy atom. The summed E-state index contributed by atoms with van der Waals surface area (Å²) in [5.74, 6) is -0.824. The first-order chi connectivity index (χ1) is 18.0. The van der Waals surface area contributed by atoms with Crippen LogP contribution in [0.15, 0.2) is 24.3 Å². The van der Waals surface area contributed by atoms with E-state index in [1.807, 2.05) is 18.2 Å². The zero-order chi connectivity index (χ0) is 27.2. The SMILES string of the molecule is COP(=O)(CP(=O)(O)O)OC[C@H]1OC(n2nnc3c(NC4CCc5ccccc54)nc(Cl)nc32)C(O)[C@@H]1O. The summed E-state index contributed by atoms with van der Waals surface area (Å²) in [6.07, 6.45) is -3.88. The van der Waals surface area contributed by atoms with Crippen molar-refractivity contribution in [1.29, 1.82) is 0 Å². The normalized spacial score (nSPS) is 26.9. The van der Waals surface area contributed by atoms with Gasteiger partial charge in [0, 0.05) is 7.11 Å². The van der Waals surface area contributed by atoms with Gasteiger partial charge in [-0.3, -0.25) is 9.13 Å². The quantitative estimate of drug-likeness (QED) is 0.177. The van der Waals surface area contributed by atoms with Crippen molar-refractivity contribution in [2.45, 2.75) is 43.4 Å². The third-order valence-electron chi connectivity index (χ3n) is 6.39. The number of halogens is 1. The summed E-state index contributed by atoms with van der Waals surface area (Å²) in [6.45, 7) is -0.601. The van der Waals surface area contributed by atoms with Crippen molar-refractivity contribution in [3.63, 3.8) is 0 Å². The van der Waals surface area contributed by atoms with Crippen LogP contribution in [0.5, 0.6) is 0 Å². The number of ether oxygens (including phenoxy) is 1. The van der Waals surface area contributed by atoms with Crippen LogP contribution in [0.25, 0.3) is 11.2 Å². The first-order valence-corrected chi connectivity index (χ1v) is 15.4. The van der Waals surface area contributed by atoms with Crippen LogP contribution in [-0.2, 0) is 29.3 Å². The van der Waals surface area contributed by atoms with Crippen LogP contribution in [0, 0.1) is 0 Å². The first-order valence-electron chi connectivity index (χ1n) is 11.5. The molecular weight excluding hydrogens is 566 g/mol. The second-order valence-corrected chi connectivity index (χ2v) is 13.6. The molecule has 1 saturated heterocycles. The average Bonchev–Trinajstić information content (AvgIpc) is 3.54. The number of aromatic nitrogens is 5. The van der Waals surface area contributed by atoms with Gasteiger partial charge in [0.2, 0.25) is 5.28 Å². The van der Waals surface area contributed by atoms with Crippen molar-refractivity contribution in [1.82, 2.24) is 25.0 Å². The summed E-state index contributed by atoms with van der Waals surface area (Å²) in [5.41, 5.74) is 2.75. The largest absolute Gasteiger partial charge is 0.387 e. The molecule has 1 aromatic carbocycles. The lowest BCUT2D eigenvalue weighted by Crippen LogP contribution is -2.34. The fourth-order valence-electron chi connectivity index (χ4n) is 4.58. The summed E-state index contributed by atoms with van der Waals surface area (Å²) < 4.78 is 40.4. The number of nitrogens with zero attached hydrogens (tertiary/aromatic N) is 5. The highest BCUT2D eigenvalue weighted by Gasteiger charge is 2.46. The second kappa shape index (κ2) is 10.5. The van der Waals surface area contributed by atoms with Crippen molar-refractivity contribution in [2.75, 3.05) is 24.9 Å². The molecule has 1 fully saturated rings. The molecule has 2 aliphatic rings. The zero-order valence-electron chi connectivity index (χ0n) is 19.9. The number of hydrogen-bond donors (Lipinski definition) is 5. The molecule has 0 amide bonds. The lowest BCUT2D eigenvalue weighted by molar-refractivity contribution is -0.0552. The highest BCUT2D eigenvalue weighted by molar-refractivity contribution is 7.70. The van der Waals surface area contributed by atoms with E-state index >= 15 is 0 Å². The zero-order valence-corrected chi connectivity index (χ0v) is 22.4. The Morgan fingerprint density at radius 1 is 1.21 bits per heavy atom. The van der Waals surface area contributed by atoms with E-state index in [-0.39, 0.29) is 22.5 Å². The van der Waals surface area contributed by atoms with Crippen molar-refractivity contribution >= 4 is 43.8 Å². The Hall–Kier alpha value is -2.03. The molecule has 5 N–H and O–H groups in total. The van der Waals surface area contributed by atoms with Crippen LogP contribution in [0.3, 0.4) is 0 Å². The number of aliphatic hydroxyl groups is 2. The number of hydrogen-bond acceptors (Lipinski definition) is 12. The van der Waals surface area contributed by atoms with Crippen LogP contribution in [0.1, 0.15) is 29.8 Å². The molecule has 0 radical (unpaired) electrons. The number of rotatable bonds is 9. The maximum atomic E-state index is 12.5. The van der Waals surface area contributed by atoms with E-state index in [4.69, 9.17) is 30.6 Å². The fraction of sp³-hybridized carbons (Fsp3) is 0.500. The molecule has 0 bridgehead atoms. The Bertz CT molecular complexity index is 1440. The van der Waals surface area contributed by atoms with E-state index in [9.17, 15) is 19.3 Å². The van der Waals surface area contributed by atoms with Crippen LogP contribution in [0.4, 0.5) is 5.82 Å². The van der Waals surface area contributed by atoms with Crippen LogP contribution >= 0.6 is 26.8 Å². The van der Waals surface area contributed by atoms with Crippen molar-refractivity contribution < 1.29 is 42.9 Å². The minimum Gasteiger partial charge on any atom is -0.387 e. The summed E-state index contributed by atoms with van der Waals surface area (Å²) in [4.78, 5) is 26.7. The van der Waals surface area contributed by atoms with Gasteiger partial charge in [-0.2, -0.15) is 14.6 Å². The number of benzene rings is 1. The predicted octanol–water partition coefficient (Wildman–Crippen LogP) is 1.58. The average molecular weight is 591 g/mol. The molecule has 38 heavy (non-hydrogen) atoms. The predicted molar refractivity (Wildman–Crippen MR) is 133 cm³/mol. The summed E-state index contributed by atoms with van der Waals surface area (Å²) >= 11 is 6.19. The fourth-order valence-corrected chi connectivity index (χ4v) is 7.82. The molecule has 0 spiro atoms. The van der Waals surface area contributed by atoms with Gasteiger partial charge in [0.05, 0.1) is 12.6 Å². The molecule has 6 atom stereocenters. The topological polar surface area (TPSA) is 211 Å². The maximum Gasteiger partial charge on any atom is 0.342 e. The van der Waals surface area contributed by atoms with Gasteiger partial charge in [-0.15, -0.1) is 5.10 Å². The molecule has 4 unspecified atom stereocenters. The lowest BCUT2D eigenvalue weighted by Gasteiger charge is -2.20. The van der Waals surface area contributed by atoms with Gasteiger partial charge in [-0.25, -0.2) is 0 Å². The number of aryl methyl sites for hydroxylation is 1. The Balaban J connectivity index is 1.37. The number of aliphatic hydroxyl groups excluding tert-OH is 2. The van der Waals surface area contributed by atoms with Crippen LogP contribution in [-0.4, -0.2) is 82.9 Å². The van der Waals surface area contributed by atoms with Gasteiger partial charge in [0.15, 0.2) is 29.1 Å². The molecule has 1 aliphatic carbocycles. The van der Waals surface area contributed by atoms with Gasteiger partial charge < -0.3 is 39.1 Å². The third-order valence-corrected chi connectivity index (χ3v) is 10.5. The molecule has 0 saturated carbocycles. The van der Waals surface area contributed by atoms with Gasteiger partial charge in [0.1, 0.15) is 18.3 Å². The summed E-state index contributed by atoms with van der Waals surface area (Å²) in [5, 5.41) is 32.6. The second-order valence-electron chi connectivity index (χ2n) is 8.92. The molecule has 206 valence electrons. The molecular formula is C20H25ClN6O9P2. The molecule has 5 rings (SSSR count). The molecule has 18 heteroatoms. The van der Waals surface area contributed by atoms with E-state index < -0.39 is 52.2 Å². The molecule has 2 aromatic heterocycles. The molecule has 15 nitrogen and oxygen atoms in total. The van der Waals surface area contributed by atoms with Gasteiger partial charge in [-0.05, 0) is 35.6 Å². The number of fused-ring (bicyclic) bond motifs is 2. The van der Waals surface area contributed by atoms with Crippen molar-refractivity contribution in [3.8, 4) is 0 Å². The minimum atomic E-state index is -4.73. The van der Waals surface area contributed by atoms with E-state index in [2.05, 4.69) is 36.2 Å². The number of nitrogens with one attached hydrogen (secondary N) is 1. The monoisotopic (exact) mass is 590 g/mol. The van der Waals surface area contributed by atoms with Gasteiger partial charge in [-0.1, -0.05) is 29.5 Å². The molecule has 1 aliphatic heterocycles. The molecule has 3 heterocycles. The van der Waals surface area contributed by atoms with Gasteiger partial charge in [0.25, 0.3) is 0 Å². The highest BCUT2D eigenvalue weighted by Crippen LogP contribution is 2.58. The van der Waals surface area contributed by atoms with Crippen molar-refractivity contribution in [2.24, 2.45) is 0 Å². The summed E-state index contributed by atoms with van der Waals surface area (Å²) in [6, 6.07) is 8.01. The van der Waals surface area contributed by atoms with E-state index in [1.165, 1.54) is 5.56 Å².